The fourth-order valence-electron chi connectivity index (χ4n) is 2.41. The van der Waals surface area contributed by atoms with Gasteiger partial charge in [0, 0.05) is 18.4 Å². The first-order valence-corrected chi connectivity index (χ1v) is 6.69. The zero-order valence-corrected chi connectivity index (χ0v) is 11.0. The number of ether oxygens (including phenoxy) is 1. The van der Waals surface area contributed by atoms with Crippen molar-refractivity contribution in [2.75, 3.05) is 6.61 Å². The van der Waals surface area contributed by atoms with E-state index in [0.29, 0.717) is 0 Å². The Morgan fingerprint density at radius 1 is 1.33 bits per heavy atom. The maximum atomic E-state index is 6.56. The summed E-state index contributed by atoms with van der Waals surface area (Å²) in [7, 11) is 0. The fraction of sp³-hybridized carbons (Fsp3) is 0.333. The van der Waals surface area contributed by atoms with Gasteiger partial charge in [0.2, 0.25) is 0 Å². The van der Waals surface area contributed by atoms with Crippen LogP contribution in [0.1, 0.15) is 34.8 Å². The molecule has 2 heterocycles. The lowest BCUT2D eigenvalue weighted by molar-refractivity contribution is 0.357. The highest BCUT2D eigenvalue weighted by molar-refractivity contribution is 6.22. The van der Waals surface area contributed by atoms with Crippen LogP contribution in [0.4, 0.5) is 0 Å². The van der Waals surface area contributed by atoms with Crippen molar-refractivity contribution in [1.82, 2.24) is 0 Å². The third kappa shape index (κ3) is 1.91. The van der Waals surface area contributed by atoms with Crippen LogP contribution in [0.15, 0.2) is 34.9 Å². The number of hydrogen-bond acceptors (Lipinski definition) is 2. The van der Waals surface area contributed by atoms with Crippen LogP contribution in [0.2, 0.25) is 0 Å². The lowest BCUT2D eigenvalue weighted by Crippen LogP contribution is -1.96. The molecule has 18 heavy (non-hydrogen) atoms. The molecular formula is C15H15ClO2. The van der Waals surface area contributed by atoms with Crippen molar-refractivity contribution in [3.05, 3.63) is 53.0 Å². The minimum atomic E-state index is -0.149. The lowest BCUT2D eigenvalue weighted by atomic mass is 10.0. The zero-order chi connectivity index (χ0) is 12.5. The van der Waals surface area contributed by atoms with Crippen LogP contribution in [0.5, 0.6) is 5.75 Å². The second kappa shape index (κ2) is 4.69. The van der Waals surface area contributed by atoms with Crippen LogP contribution < -0.4 is 4.74 Å². The number of benzene rings is 1. The molecule has 0 N–H and O–H groups in total. The molecule has 3 rings (SSSR count). The van der Waals surface area contributed by atoms with E-state index in [4.69, 9.17) is 20.8 Å². The monoisotopic (exact) mass is 262 g/mol. The molecule has 3 heteroatoms. The summed E-state index contributed by atoms with van der Waals surface area (Å²) in [5.74, 6) is 1.96. The van der Waals surface area contributed by atoms with Gasteiger partial charge in [-0.3, -0.25) is 0 Å². The van der Waals surface area contributed by atoms with E-state index in [1.54, 1.807) is 6.26 Å². The fourth-order valence-corrected chi connectivity index (χ4v) is 2.74. The van der Waals surface area contributed by atoms with Crippen molar-refractivity contribution in [2.45, 2.75) is 25.1 Å². The standard InChI is InChI=1S/C15H15ClO2/c1-2-13-12(6-8-17-13)15(16)11-3-4-14-10(9-11)5-7-18-14/h3-4,6,8-9,15H,2,5,7H2,1H3. The molecule has 2 nitrogen and oxygen atoms in total. The van der Waals surface area contributed by atoms with Crippen molar-refractivity contribution < 1.29 is 9.15 Å². The van der Waals surface area contributed by atoms with Gasteiger partial charge >= 0.3 is 0 Å². The minimum absolute atomic E-state index is 0.149. The van der Waals surface area contributed by atoms with Gasteiger partial charge in [-0.1, -0.05) is 19.1 Å². The summed E-state index contributed by atoms with van der Waals surface area (Å²) in [6.45, 7) is 2.85. The van der Waals surface area contributed by atoms with Crippen molar-refractivity contribution >= 4 is 11.6 Å². The van der Waals surface area contributed by atoms with E-state index in [9.17, 15) is 0 Å². The van der Waals surface area contributed by atoms with E-state index in [2.05, 4.69) is 13.0 Å². The second-order valence-electron chi connectivity index (χ2n) is 4.48. The first-order valence-electron chi connectivity index (χ1n) is 6.25. The SMILES string of the molecule is CCc1occc1C(Cl)c1ccc2c(c1)CCO2. The molecule has 0 aliphatic carbocycles. The molecule has 1 aromatic carbocycles. The predicted octanol–water partition coefficient (Wildman–Crippen LogP) is 4.11. The summed E-state index contributed by atoms with van der Waals surface area (Å²) in [5, 5.41) is -0.149. The molecule has 0 radical (unpaired) electrons. The maximum absolute atomic E-state index is 6.56. The molecule has 1 aliphatic heterocycles. The highest BCUT2D eigenvalue weighted by Gasteiger charge is 2.19. The van der Waals surface area contributed by atoms with E-state index >= 15 is 0 Å². The van der Waals surface area contributed by atoms with Crippen LogP contribution in [0, 0.1) is 0 Å². The summed E-state index contributed by atoms with van der Waals surface area (Å²) in [6, 6.07) is 8.15. The number of rotatable bonds is 3. The van der Waals surface area contributed by atoms with E-state index in [1.807, 2.05) is 18.2 Å². The highest BCUT2D eigenvalue weighted by atomic mass is 35.5. The summed E-state index contributed by atoms with van der Waals surface area (Å²) in [5.41, 5.74) is 3.43. The van der Waals surface area contributed by atoms with Gasteiger partial charge in [-0.25, -0.2) is 0 Å². The predicted molar refractivity (Wildman–Crippen MR) is 71.4 cm³/mol. The number of furan rings is 1. The van der Waals surface area contributed by atoms with Gasteiger partial charge in [-0.2, -0.15) is 0 Å². The van der Waals surface area contributed by atoms with Gasteiger partial charge in [0.25, 0.3) is 0 Å². The first kappa shape index (κ1) is 11.7. The number of alkyl halides is 1. The van der Waals surface area contributed by atoms with E-state index < -0.39 is 0 Å². The minimum Gasteiger partial charge on any atom is -0.493 e. The lowest BCUT2D eigenvalue weighted by Gasteiger charge is -2.11. The zero-order valence-electron chi connectivity index (χ0n) is 10.3. The van der Waals surface area contributed by atoms with Gasteiger partial charge in [0.15, 0.2) is 0 Å². The quantitative estimate of drug-likeness (QED) is 0.777. The Bertz CT molecular complexity index is 559. The van der Waals surface area contributed by atoms with Crippen molar-refractivity contribution in [2.24, 2.45) is 0 Å². The third-order valence-electron chi connectivity index (χ3n) is 3.38. The van der Waals surface area contributed by atoms with Crippen LogP contribution in [0.3, 0.4) is 0 Å². The molecule has 1 unspecified atom stereocenters. The number of aryl methyl sites for hydroxylation is 1. The molecule has 1 aromatic heterocycles. The highest BCUT2D eigenvalue weighted by Crippen LogP contribution is 2.35. The molecule has 0 saturated heterocycles. The Hall–Kier alpha value is -1.41. The summed E-state index contributed by atoms with van der Waals surface area (Å²) < 4.78 is 10.9. The number of hydrogen-bond donors (Lipinski definition) is 0. The average molecular weight is 263 g/mol. The van der Waals surface area contributed by atoms with Crippen LogP contribution in [0.25, 0.3) is 0 Å². The van der Waals surface area contributed by atoms with Gasteiger partial charge in [0.1, 0.15) is 11.5 Å². The molecule has 1 atom stereocenters. The normalized spacial score (nSPS) is 15.2. The van der Waals surface area contributed by atoms with Gasteiger partial charge < -0.3 is 9.15 Å². The van der Waals surface area contributed by atoms with Crippen LogP contribution in [-0.4, -0.2) is 6.61 Å². The largest absolute Gasteiger partial charge is 0.493 e. The summed E-state index contributed by atoms with van der Waals surface area (Å²) >= 11 is 6.56. The smallest absolute Gasteiger partial charge is 0.122 e. The van der Waals surface area contributed by atoms with Gasteiger partial charge in [0.05, 0.1) is 18.2 Å². The molecular weight excluding hydrogens is 248 g/mol. The Balaban J connectivity index is 1.95. The average Bonchev–Trinajstić information content (AvgIpc) is 3.05. The van der Waals surface area contributed by atoms with E-state index in [-0.39, 0.29) is 5.38 Å². The van der Waals surface area contributed by atoms with Gasteiger partial charge in [-0.15, -0.1) is 11.6 Å². The van der Waals surface area contributed by atoms with E-state index in [1.165, 1.54) is 5.56 Å². The molecule has 0 spiro atoms. The second-order valence-corrected chi connectivity index (χ2v) is 4.92. The van der Waals surface area contributed by atoms with Gasteiger partial charge in [-0.05, 0) is 23.3 Å². The maximum Gasteiger partial charge on any atom is 0.122 e. The molecule has 1 aliphatic rings. The molecule has 0 amide bonds. The molecule has 0 fully saturated rings. The Morgan fingerprint density at radius 2 is 2.22 bits per heavy atom. The Labute approximate surface area is 112 Å². The van der Waals surface area contributed by atoms with Crippen LogP contribution >= 0.6 is 11.6 Å². The molecule has 94 valence electrons. The summed E-state index contributed by atoms with van der Waals surface area (Å²) in [4.78, 5) is 0. The number of halogens is 1. The number of fused-ring (bicyclic) bond motifs is 1. The van der Waals surface area contributed by atoms with Crippen LogP contribution in [-0.2, 0) is 12.8 Å². The summed E-state index contributed by atoms with van der Waals surface area (Å²) in [6.07, 6.45) is 3.54. The molecule has 0 saturated carbocycles. The van der Waals surface area contributed by atoms with Crippen molar-refractivity contribution in [3.8, 4) is 5.75 Å². The third-order valence-corrected chi connectivity index (χ3v) is 3.87. The molecule has 0 bridgehead atoms. The Kier molecular flexibility index (Phi) is 3.04. The molecule has 2 aromatic rings. The van der Waals surface area contributed by atoms with E-state index in [0.717, 1.165) is 42.1 Å². The Morgan fingerprint density at radius 3 is 3.06 bits per heavy atom. The first-order chi connectivity index (χ1) is 8.79. The van der Waals surface area contributed by atoms with Crippen molar-refractivity contribution in [1.29, 1.82) is 0 Å². The topological polar surface area (TPSA) is 22.4 Å². The van der Waals surface area contributed by atoms with Crippen molar-refractivity contribution in [3.63, 3.8) is 0 Å².